The van der Waals surface area contributed by atoms with E-state index in [1.807, 2.05) is 0 Å². The fourth-order valence-electron chi connectivity index (χ4n) is 2.72. The number of esters is 1. The fourth-order valence-corrected chi connectivity index (χ4v) is 3.62. The molecule has 9 heteroatoms. The smallest absolute Gasteiger partial charge is 0.353 e. The number of rotatable bonds is 7. The summed E-state index contributed by atoms with van der Waals surface area (Å²) in [6.07, 6.45) is 0.691. The van der Waals surface area contributed by atoms with Crippen LogP contribution in [-0.2, 0) is 19.1 Å². The number of aliphatic hydroxyl groups is 1. The molecule has 23 heavy (non-hydrogen) atoms. The Labute approximate surface area is 137 Å². The maximum Gasteiger partial charge on any atom is 0.353 e. The Hall–Kier alpha value is -1.84. The molecule has 1 fully saturated rings. The molecule has 2 heterocycles. The number of hydrogen-bond donors (Lipinski definition) is 3. The molecule has 1 saturated heterocycles. The highest BCUT2D eigenvalue weighted by molar-refractivity contribution is 8.05. The number of β-lactam (4-membered cyclic amide) rings is 1. The minimum Gasteiger partial charge on any atom is -0.477 e. The molecule has 1 amide bonds. The highest BCUT2D eigenvalue weighted by atomic mass is 32.2. The number of carboxylic acids is 1. The second-order valence-corrected chi connectivity index (χ2v) is 6.20. The van der Waals surface area contributed by atoms with Crippen LogP contribution in [0.1, 0.15) is 13.3 Å². The lowest BCUT2D eigenvalue weighted by atomic mass is 9.83. The fraction of sp³-hybridized carbons (Fsp3) is 0.500. The average Bonchev–Trinajstić information content (AvgIpc) is 2.79. The summed E-state index contributed by atoms with van der Waals surface area (Å²) in [7, 11) is 0. The Morgan fingerprint density at radius 1 is 1.57 bits per heavy atom. The van der Waals surface area contributed by atoms with Crippen LogP contribution in [-0.4, -0.2) is 58.3 Å². The molecule has 0 aromatic heterocycles. The first-order valence-electron chi connectivity index (χ1n) is 7.06. The standard InChI is InChI=1S/C14H18N2O6S/c1-7(17)11-8-6-9(12(14(20)21)16(8)13(11)19)23-5-2-10(18)22-4-3-15/h2,5,7-8,11,17H,3-4,6,15H2,1H3,(H,20,21)/b5-2-/t7-,8+,11-/m0/s1. The van der Waals surface area contributed by atoms with Crippen molar-refractivity contribution in [3.8, 4) is 0 Å². The normalized spacial score (nSPS) is 24.7. The van der Waals surface area contributed by atoms with E-state index in [4.69, 9.17) is 10.5 Å². The van der Waals surface area contributed by atoms with Gasteiger partial charge in [-0.3, -0.25) is 4.79 Å². The molecule has 0 radical (unpaired) electrons. The lowest BCUT2D eigenvalue weighted by Crippen LogP contribution is -2.61. The minimum absolute atomic E-state index is 0.0816. The number of carboxylic acid groups (broad SMARTS) is 1. The van der Waals surface area contributed by atoms with Crippen LogP contribution in [0.25, 0.3) is 0 Å². The second-order valence-electron chi connectivity index (χ2n) is 5.20. The zero-order valence-electron chi connectivity index (χ0n) is 12.5. The highest BCUT2D eigenvalue weighted by Crippen LogP contribution is 2.47. The largest absolute Gasteiger partial charge is 0.477 e. The molecule has 0 bridgehead atoms. The molecule has 2 rings (SSSR count). The van der Waals surface area contributed by atoms with Gasteiger partial charge < -0.3 is 25.6 Å². The van der Waals surface area contributed by atoms with Crippen molar-refractivity contribution in [3.05, 3.63) is 22.1 Å². The summed E-state index contributed by atoms with van der Waals surface area (Å²) in [6.45, 7) is 1.84. The summed E-state index contributed by atoms with van der Waals surface area (Å²) in [6, 6.07) is -0.339. The third-order valence-corrected chi connectivity index (χ3v) is 4.58. The summed E-state index contributed by atoms with van der Waals surface area (Å²) in [5, 5.41) is 20.4. The molecule has 8 nitrogen and oxygen atoms in total. The zero-order chi connectivity index (χ0) is 17.1. The van der Waals surface area contributed by atoms with Crippen molar-refractivity contribution in [1.82, 2.24) is 4.90 Å². The number of nitrogens with two attached hydrogens (primary N) is 1. The quantitative estimate of drug-likeness (QED) is 0.325. The van der Waals surface area contributed by atoms with Gasteiger partial charge in [0.2, 0.25) is 5.91 Å². The van der Waals surface area contributed by atoms with Crippen molar-refractivity contribution < 1.29 is 29.3 Å². The van der Waals surface area contributed by atoms with Gasteiger partial charge >= 0.3 is 11.9 Å². The molecule has 4 N–H and O–H groups in total. The first-order valence-corrected chi connectivity index (χ1v) is 7.94. The summed E-state index contributed by atoms with van der Waals surface area (Å²) >= 11 is 1.06. The van der Waals surface area contributed by atoms with Crippen LogP contribution in [0.5, 0.6) is 0 Å². The lowest BCUT2D eigenvalue weighted by molar-refractivity contribution is -0.161. The van der Waals surface area contributed by atoms with Crippen LogP contribution in [0.4, 0.5) is 0 Å². The number of fused-ring (bicyclic) bond motifs is 1. The number of nitrogens with zero attached hydrogens (tertiary/aromatic N) is 1. The summed E-state index contributed by atoms with van der Waals surface area (Å²) in [5.74, 6) is -2.74. The van der Waals surface area contributed by atoms with E-state index < -0.39 is 24.0 Å². The van der Waals surface area contributed by atoms with Gasteiger partial charge in [-0.15, -0.1) is 0 Å². The SMILES string of the molecule is C[C@H](O)[C@@H]1C(=O)N2C(C(=O)O)=C(S/C=C\C(=O)OCCN)C[C@H]12. The summed E-state index contributed by atoms with van der Waals surface area (Å²) in [4.78, 5) is 36.4. The molecular weight excluding hydrogens is 324 g/mol. The van der Waals surface area contributed by atoms with Crippen LogP contribution >= 0.6 is 11.8 Å². The Morgan fingerprint density at radius 3 is 2.83 bits per heavy atom. The number of thioether (sulfide) groups is 1. The van der Waals surface area contributed by atoms with E-state index in [1.165, 1.54) is 23.3 Å². The van der Waals surface area contributed by atoms with Gasteiger partial charge in [-0.2, -0.15) is 0 Å². The molecule has 0 spiro atoms. The van der Waals surface area contributed by atoms with E-state index >= 15 is 0 Å². The second kappa shape index (κ2) is 7.16. The van der Waals surface area contributed by atoms with Crippen LogP contribution in [0.2, 0.25) is 0 Å². The van der Waals surface area contributed by atoms with E-state index in [-0.39, 0.29) is 30.8 Å². The van der Waals surface area contributed by atoms with E-state index in [0.717, 1.165) is 11.8 Å². The number of hydrogen-bond acceptors (Lipinski definition) is 7. The summed E-state index contributed by atoms with van der Waals surface area (Å²) < 4.78 is 4.76. The number of aliphatic hydroxyl groups excluding tert-OH is 1. The third kappa shape index (κ3) is 3.41. The third-order valence-electron chi connectivity index (χ3n) is 3.67. The topological polar surface area (TPSA) is 130 Å². The Morgan fingerprint density at radius 2 is 2.26 bits per heavy atom. The first-order chi connectivity index (χ1) is 10.9. The predicted molar refractivity (Wildman–Crippen MR) is 81.8 cm³/mol. The molecule has 2 aliphatic rings. The van der Waals surface area contributed by atoms with Gasteiger partial charge in [-0.25, -0.2) is 9.59 Å². The van der Waals surface area contributed by atoms with Crippen molar-refractivity contribution >= 4 is 29.6 Å². The van der Waals surface area contributed by atoms with Gasteiger partial charge in [0.15, 0.2) is 0 Å². The Kier molecular flexibility index (Phi) is 5.45. The average molecular weight is 342 g/mol. The lowest BCUT2D eigenvalue weighted by Gasteiger charge is -2.44. The molecule has 0 aliphatic carbocycles. The first kappa shape index (κ1) is 17.5. The number of ether oxygens (including phenoxy) is 1. The molecule has 126 valence electrons. The van der Waals surface area contributed by atoms with Crippen LogP contribution in [0, 0.1) is 5.92 Å². The van der Waals surface area contributed by atoms with Gasteiger partial charge in [0, 0.05) is 23.9 Å². The van der Waals surface area contributed by atoms with Crippen LogP contribution in [0.15, 0.2) is 22.1 Å². The van der Waals surface area contributed by atoms with E-state index in [9.17, 15) is 24.6 Å². The van der Waals surface area contributed by atoms with Gasteiger partial charge in [-0.05, 0) is 12.3 Å². The van der Waals surface area contributed by atoms with Crippen molar-refractivity contribution in [2.24, 2.45) is 11.7 Å². The van der Waals surface area contributed by atoms with Crippen molar-refractivity contribution in [2.45, 2.75) is 25.5 Å². The molecule has 0 unspecified atom stereocenters. The summed E-state index contributed by atoms with van der Waals surface area (Å²) in [5.41, 5.74) is 5.13. The number of aliphatic carboxylic acids is 1. The van der Waals surface area contributed by atoms with Gasteiger partial charge in [0.05, 0.1) is 18.1 Å². The van der Waals surface area contributed by atoms with Crippen molar-refractivity contribution in [1.29, 1.82) is 0 Å². The molecule has 2 aliphatic heterocycles. The molecular formula is C14H18N2O6S. The zero-order valence-corrected chi connectivity index (χ0v) is 13.3. The molecule has 0 saturated carbocycles. The van der Waals surface area contributed by atoms with Gasteiger partial charge in [0.25, 0.3) is 0 Å². The monoisotopic (exact) mass is 342 g/mol. The minimum atomic E-state index is -1.20. The molecule has 3 atom stereocenters. The van der Waals surface area contributed by atoms with E-state index in [1.54, 1.807) is 0 Å². The van der Waals surface area contributed by atoms with E-state index in [0.29, 0.717) is 11.3 Å². The molecule has 0 aromatic rings. The number of carbonyl (C=O) groups is 3. The Balaban J connectivity index is 2.06. The highest BCUT2D eigenvalue weighted by Gasteiger charge is 2.56. The van der Waals surface area contributed by atoms with Gasteiger partial charge in [0.1, 0.15) is 12.3 Å². The maximum absolute atomic E-state index is 12.0. The van der Waals surface area contributed by atoms with Crippen LogP contribution in [0.3, 0.4) is 0 Å². The van der Waals surface area contributed by atoms with Crippen LogP contribution < -0.4 is 5.73 Å². The van der Waals surface area contributed by atoms with Gasteiger partial charge in [-0.1, -0.05) is 11.8 Å². The predicted octanol–water partition coefficient (Wildman–Crippen LogP) is -0.357. The molecule has 0 aromatic carbocycles. The Bertz CT molecular complexity index is 586. The maximum atomic E-state index is 12.0. The van der Waals surface area contributed by atoms with Crippen molar-refractivity contribution in [2.75, 3.05) is 13.2 Å². The van der Waals surface area contributed by atoms with E-state index in [2.05, 4.69) is 0 Å². The number of amides is 1. The number of carbonyl (C=O) groups excluding carboxylic acids is 2. The van der Waals surface area contributed by atoms with Crippen molar-refractivity contribution in [3.63, 3.8) is 0 Å².